The van der Waals surface area contributed by atoms with Gasteiger partial charge in [-0.2, -0.15) is 17.6 Å². The Morgan fingerprint density at radius 3 is 2.47 bits per heavy atom. The Kier molecular flexibility index (Phi) is 4.86. The molecule has 0 radical (unpaired) electrons. The number of halogens is 6. The maximum atomic E-state index is 13.5. The third-order valence-electron chi connectivity index (χ3n) is 2.52. The highest BCUT2D eigenvalue weighted by molar-refractivity contribution is 9.10. The van der Waals surface area contributed by atoms with E-state index in [0.29, 0.717) is 0 Å². The molecule has 19 heavy (non-hydrogen) atoms. The quantitative estimate of drug-likeness (QED) is 0.649. The predicted octanol–water partition coefficient (Wildman–Crippen LogP) is 2.42. The average Bonchev–Trinajstić information content (AvgIpc) is 2.30. The fourth-order valence-corrected chi connectivity index (χ4v) is 1.80. The average molecular weight is 349 g/mol. The van der Waals surface area contributed by atoms with E-state index in [1.54, 1.807) is 0 Å². The third-order valence-corrected chi connectivity index (χ3v) is 2.95. The molecule has 9 heteroatoms. The number of rotatable bonds is 4. The molecular weight excluding hydrogens is 339 g/mol. The van der Waals surface area contributed by atoms with Gasteiger partial charge in [0.15, 0.2) is 6.10 Å². The summed E-state index contributed by atoms with van der Waals surface area (Å²) in [7, 11) is 0. The van der Waals surface area contributed by atoms with Crippen molar-refractivity contribution in [1.29, 1.82) is 0 Å². The second-order valence-corrected chi connectivity index (χ2v) is 4.96. The van der Waals surface area contributed by atoms with Crippen LogP contribution >= 0.6 is 15.9 Å². The molecule has 1 aromatic rings. The summed E-state index contributed by atoms with van der Waals surface area (Å²) < 4.78 is 63.5. The van der Waals surface area contributed by atoms with E-state index in [1.165, 1.54) is 0 Å². The molecule has 0 aliphatic rings. The lowest BCUT2D eigenvalue weighted by molar-refractivity contribution is -0.210. The number of nitrogens with two attached hydrogens (primary N) is 1. The standard InChI is InChI=1S/C10H10BrF5N2O/c11-5-1-6(8(13)18-3-5)9(17,4-12)2-7(19)10(14,15)16/h1,3,7,19H,2,4,17H2/t7-,9+/m0/s1. The summed E-state index contributed by atoms with van der Waals surface area (Å²) in [5.41, 5.74) is 2.61. The zero-order valence-corrected chi connectivity index (χ0v) is 11.0. The first-order valence-electron chi connectivity index (χ1n) is 5.01. The highest BCUT2D eigenvalue weighted by Gasteiger charge is 2.44. The number of pyridine rings is 1. The molecule has 0 bridgehead atoms. The normalized spacial score (nSPS) is 17.1. The highest BCUT2D eigenvalue weighted by atomic mass is 79.9. The van der Waals surface area contributed by atoms with Crippen LogP contribution in [-0.2, 0) is 5.54 Å². The molecule has 0 aliphatic carbocycles. The highest BCUT2D eigenvalue weighted by Crippen LogP contribution is 2.33. The van der Waals surface area contributed by atoms with Gasteiger partial charge in [0, 0.05) is 22.7 Å². The fraction of sp³-hybridized carbons (Fsp3) is 0.500. The van der Waals surface area contributed by atoms with Gasteiger partial charge in [0.1, 0.15) is 6.67 Å². The molecule has 0 amide bonds. The SMILES string of the molecule is N[C@@](CF)(C[C@H](O)C(F)(F)F)c1cc(Br)cnc1F. The Balaban J connectivity index is 3.13. The maximum Gasteiger partial charge on any atom is 0.414 e. The van der Waals surface area contributed by atoms with Crippen molar-refractivity contribution >= 4 is 15.9 Å². The number of hydrogen-bond acceptors (Lipinski definition) is 3. The van der Waals surface area contributed by atoms with Crippen LogP contribution in [-0.4, -0.2) is 29.0 Å². The molecule has 3 N–H and O–H groups in total. The van der Waals surface area contributed by atoms with Crippen molar-refractivity contribution in [3.63, 3.8) is 0 Å². The summed E-state index contributed by atoms with van der Waals surface area (Å²) in [6.07, 6.45) is -7.97. The summed E-state index contributed by atoms with van der Waals surface area (Å²) in [5, 5.41) is 8.95. The molecular formula is C10H10BrF5N2O. The van der Waals surface area contributed by atoms with Crippen molar-refractivity contribution in [1.82, 2.24) is 4.98 Å². The van der Waals surface area contributed by atoms with Gasteiger partial charge >= 0.3 is 6.18 Å². The second-order valence-electron chi connectivity index (χ2n) is 4.04. The zero-order valence-electron chi connectivity index (χ0n) is 9.39. The first-order chi connectivity index (χ1) is 8.60. The van der Waals surface area contributed by atoms with E-state index in [4.69, 9.17) is 10.8 Å². The number of nitrogens with zero attached hydrogens (tertiary/aromatic N) is 1. The van der Waals surface area contributed by atoms with E-state index in [1.807, 2.05) is 0 Å². The van der Waals surface area contributed by atoms with Gasteiger partial charge in [-0.25, -0.2) is 9.37 Å². The summed E-state index contributed by atoms with van der Waals surface area (Å²) in [5.74, 6) is -1.18. The van der Waals surface area contributed by atoms with E-state index in [9.17, 15) is 22.0 Å². The molecule has 0 aliphatic heterocycles. The van der Waals surface area contributed by atoms with Crippen LogP contribution in [0.1, 0.15) is 12.0 Å². The smallest absolute Gasteiger partial charge is 0.384 e. The van der Waals surface area contributed by atoms with E-state index in [-0.39, 0.29) is 4.47 Å². The lowest BCUT2D eigenvalue weighted by Gasteiger charge is -2.30. The first-order valence-corrected chi connectivity index (χ1v) is 5.80. The van der Waals surface area contributed by atoms with Gasteiger partial charge in [-0.15, -0.1) is 0 Å². The maximum absolute atomic E-state index is 13.5. The Labute approximate surface area is 113 Å². The summed E-state index contributed by atoms with van der Waals surface area (Å²) in [4.78, 5) is 3.24. The van der Waals surface area contributed by atoms with Gasteiger partial charge in [-0.05, 0) is 22.0 Å². The number of aliphatic hydroxyl groups excluding tert-OH is 1. The molecule has 0 unspecified atom stereocenters. The monoisotopic (exact) mass is 348 g/mol. The van der Waals surface area contributed by atoms with Gasteiger partial charge in [-0.3, -0.25) is 0 Å². The van der Waals surface area contributed by atoms with Crippen LogP contribution in [0.4, 0.5) is 22.0 Å². The van der Waals surface area contributed by atoms with E-state index in [2.05, 4.69) is 20.9 Å². The van der Waals surface area contributed by atoms with E-state index >= 15 is 0 Å². The minimum Gasteiger partial charge on any atom is -0.384 e. The molecule has 0 spiro atoms. The summed E-state index contributed by atoms with van der Waals surface area (Å²) in [6.45, 7) is -1.48. The Morgan fingerprint density at radius 1 is 1.42 bits per heavy atom. The lowest BCUT2D eigenvalue weighted by atomic mass is 9.87. The molecule has 1 heterocycles. The first kappa shape index (κ1) is 16.3. The molecule has 0 aromatic carbocycles. The minimum atomic E-state index is -4.96. The van der Waals surface area contributed by atoms with Gasteiger partial charge in [-0.1, -0.05) is 0 Å². The van der Waals surface area contributed by atoms with Gasteiger partial charge in [0.2, 0.25) is 5.95 Å². The number of alkyl halides is 4. The molecule has 108 valence electrons. The number of aromatic nitrogens is 1. The predicted molar refractivity (Wildman–Crippen MR) is 60.4 cm³/mol. The Morgan fingerprint density at radius 2 is 2.00 bits per heavy atom. The summed E-state index contributed by atoms with van der Waals surface area (Å²) >= 11 is 2.93. The topological polar surface area (TPSA) is 59.1 Å². The molecule has 0 saturated carbocycles. The second kappa shape index (κ2) is 5.68. The Hall–Kier alpha value is -0.800. The molecule has 3 nitrogen and oxygen atoms in total. The van der Waals surface area contributed by atoms with Crippen LogP contribution in [0.15, 0.2) is 16.7 Å². The zero-order chi connectivity index (χ0) is 14.8. The van der Waals surface area contributed by atoms with E-state index < -0.39 is 42.4 Å². The fourth-order valence-electron chi connectivity index (χ4n) is 1.47. The summed E-state index contributed by atoms with van der Waals surface area (Å²) in [6, 6.07) is 1.03. The molecule has 1 rings (SSSR count). The van der Waals surface area contributed by atoms with Crippen LogP contribution in [0, 0.1) is 5.95 Å². The van der Waals surface area contributed by atoms with Crippen LogP contribution in [0.3, 0.4) is 0 Å². The van der Waals surface area contributed by atoms with Crippen LogP contribution in [0.5, 0.6) is 0 Å². The Bertz CT molecular complexity index is 456. The molecule has 2 atom stereocenters. The van der Waals surface area contributed by atoms with Crippen molar-refractivity contribution in [3.8, 4) is 0 Å². The van der Waals surface area contributed by atoms with Gasteiger partial charge in [0.05, 0.1) is 5.54 Å². The van der Waals surface area contributed by atoms with Crippen molar-refractivity contribution in [2.45, 2.75) is 24.2 Å². The van der Waals surface area contributed by atoms with Crippen molar-refractivity contribution in [2.75, 3.05) is 6.67 Å². The largest absolute Gasteiger partial charge is 0.414 e. The van der Waals surface area contributed by atoms with Gasteiger partial charge < -0.3 is 10.8 Å². The molecule has 0 saturated heterocycles. The van der Waals surface area contributed by atoms with Crippen molar-refractivity contribution in [2.24, 2.45) is 5.73 Å². The number of aliphatic hydroxyl groups is 1. The third kappa shape index (κ3) is 3.83. The van der Waals surface area contributed by atoms with E-state index in [0.717, 1.165) is 12.3 Å². The van der Waals surface area contributed by atoms with Gasteiger partial charge in [0.25, 0.3) is 0 Å². The van der Waals surface area contributed by atoms with Crippen molar-refractivity contribution in [3.05, 3.63) is 28.2 Å². The van der Waals surface area contributed by atoms with Crippen LogP contribution in [0.2, 0.25) is 0 Å². The van der Waals surface area contributed by atoms with Crippen LogP contribution in [0.25, 0.3) is 0 Å². The molecule has 0 fully saturated rings. The van der Waals surface area contributed by atoms with Crippen molar-refractivity contribution < 1.29 is 27.1 Å². The van der Waals surface area contributed by atoms with Crippen LogP contribution < -0.4 is 5.73 Å². The molecule has 1 aromatic heterocycles. The number of hydrogen-bond donors (Lipinski definition) is 2. The minimum absolute atomic E-state index is 0.230. The lowest BCUT2D eigenvalue weighted by Crippen LogP contribution is -2.46.